The summed E-state index contributed by atoms with van der Waals surface area (Å²) in [5, 5.41) is 7.67. The topological polar surface area (TPSA) is 8.17 Å². The van der Waals surface area contributed by atoms with Crippen LogP contribution >= 0.6 is 22.7 Å². The highest BCUT2D eigenvalue weighted by atomic mass is 32.1. The predicted molar refractivity (Wildman–Crippen MR) is 252 cm³/mol. The number of para-hydroxylation sites is 2. The molecule has 12 aromatic rings. The molecule has 0 radical (unpaired) electrons. The summed E-state index contributed by atoms with van der Waals surface area (Å²) in [6, 6.07) is 75.6. The molecular formula is C54H34N2S2. The van der Waals surface area contributed by atoms with E-state index >= 15 is 0 Å². The Labute approximate surface area is 343 Å². The van der Waals surface area contributed by atoms with Crippen molar-refractivity contribution in [1.29, 1.82) is 0 Å². The van der Waals surface area contributed by atoms with Crippen molar-refractivity contribution in [3.05, 3.63) is 206 Å². The van der Waals surface area contributed by atoms with Crippen LogP contribution in [0, 0.1) is 0 Å². The summed E-state index contributed by atoms with van der Waals surface area (Å²) in [6.45, 7) is 0. The summed E-state index contributed by atoms with van der Waals surface area (Å²) in [4.78, 5) is 2.42. The Morgan fingerprint density at radius 3 is 1.79 bits per heavy atom. The van der Waals surface area contributed by atoms with Crippen LogP contribution in [0.3, 0.4) is 0 Å². The molecule has 0 aliphatic rings. The Morgan fingerprint density at radius 2 is 0.983 bits per heavy atom. The van der Waals surface area contributed by atoms with Gasteiger partial charge in [0.05, 0.1) is 16.7 Å². The second kappa shape index (κ2) is 13.3. The first kappa shape index (κ1) is 33.2. The van der Waals surface area contributed by atoms with Gasteiger partial charge >= 0.3 is 0 Å². The van der Waals surface area contributed by atoms with Crippen molar-refractivity contribution in [2.45, 2.75) is 0 Å². The molecule has 9 aromatic carbocycles. The van der Waals surface area contributed by atoms with Gasteiger partial charge in [-0.15, -0.1) is 22.7 Å². The lowest BCUT2D eigenvalue weighted by Gasteiger charge is -2.26. The number of hydrogen-bond donors (Lipinski definition) is 0. The average molecular weight is 775 g/mol. The van der Waals surface area contributed by atoms with Gasteiger partial charge in [0.15, 0.2) is 0 Å². The van der Waals surface area contributed by atoms with Crippen molar-refractivity contribution in [1.82, 2.24) is 4.57 Å². The Hall–Kier alpha value is -6.98. The summed E-state index contributed by atoms with van der Waals surface area (Å²) in [6.07, 6.45) is 0. The Bertz CT molecular complexity index is 3500. The van der Waals surface area contributed by atoms with E-state index in [-0.39, 0.29) is 0 Å². The molecule has 3 heterocycles. The first-order valence-electron chi connectivity index (χ1n) is 19.7. The molecule has 2 nitrogen and oxygen atoms in total. The molecule has 0 atom stereocenters. The minimum atomic E-state index is 1.12. The minimum Gasteiger partial charge on any atom is -0.310 e. The number of fused-ring (bicyclic) bond motifs is 9. The lowest BCUT2D eigenvalue weighted by molar-refractivity contribution is 1.19. The highest BCUT2D eigenvalue weighted by Crippen LogP contribution is 2.47. The smallest absolute Gasteiger partial charge is 0.0554 e. The molecule has 58 heavy (non-hydrogen) atoms. The van der Waals surface area contributed by atoms with E-state index in [1.165, 1.54) is 90.1 Å². The number of hydrogen-bond acceptors (Lipinski definition) is 3. The third-order valence-electron chi connectivity index (χ3n) is 11.6. The first-order chi connectivity index (χ1) is 28.8. The van der Waals surface area contributed by atoms with E-state index in [9.17, 15) is 0 Å². The van der Waals surface area contributed by atoms with Crippen LogP contribution in [0.2, 0.25) is 0 Å². The molecule has 0 aliphatic heterocycles. The van der Waals surface area contributed by atoms with E-state index in [0.717, 1.165) is 17.1 Å². The number of thiophene rings is 2. The summed E-state index contributed by atoms with van der Waals surface area (Å²) >= 11 is 3.74. The van der Waals surface area contributed by atoms with Gasteiger partial charge in [-0.25, -0.2) is 0 Å². The molecule has 0 saturated heterocycles. The van der Waals surface area contributed by atoms with Gasteiger partial charge in [-0.3, -0.25) is 0 Å². The second-order valence-electron chi connectivity index (χ2n) is 14.9. The van der Waals surface area contributed by atoms with Crippen molar-refractivity contribution >= 4 is 102 Å². The third-order valence-corrected chi connectivity index (χ3v) is 13.9. The van der Waals surface area contributed by atoms with Gasteiger partial charge in [0.25, 0.3) is 0 Å². The van der Waals surface area contributed by atoms with E-state index in [2.05, 4.69) is 216 Å². The lowest BCUT2D eigenvalue weighted by atomic mass is 10.0. The van der Waals surface area contributed by atoms with Gasteiger partial charge in [0.2, 0.25) is 0 Å². The van der Waals surface area contributed by atoms with E-state index < -0.39 is 0 Å². The van der Waals surface area contributed by atoms with Crippen LogP contribution < -0.4 is 4.90 Å². The molecule has 4 heteroatoms. The zero-order valence-electron chi connectivity index (χ0n) is 31.3. The quantitative estimate of drug-likeness (QED) is 0.163. The van der Waals surface area contributed by atoms with E-state index in [0.29, 0.717) is 0 Å². The molecule has 0 aliphatic carbocycles. The normalized spacial score (nSPS) is 11.8. The van der Waals surface area contributed by atoms with Crippen molar-refractivity contribution in [3.63, 3.8) is 0 Å². The number of nitrogens with zero attached hydrogens (tertiary/aromatic N) is 2. The zero-order valence-corrected chi connectivity index (χ0v) is 33.0. The Morgan fingerprint density at radius 1 is 0.362 bits per heavy atom. The monoisotopic (exact) mass is 774 g/mol. The second-order valence-corrected chi connectivity index (χ2v) is 17.0. The van der Waals surface area contributed by atoms with Crippen molar-refractivity contribution in [2.24, 2.45) is 0 Å². The van der Waals surface area contributed by atoms with E-state index in [1.54, 1.807) is 0 Å². The SMILES string of the molecule is c1ccc(-c2ccc3c(c2)c2ccccc2n3-c2cc(-c3ccc(N(c4ccccc4)c4cccc5sc6ccccc6c45)cc3)c3sc4ccccc4c3c2)cc1. The fourth-order valence-electron chi connectivity index (χ4n) is 8.95. The van der Waals surface area contributed by atoms with Gasteiger partial charge in [-0.05, 0) is 95.6 Å². The third kappa shape index (κ3) is 5.23. The number of rotatable bonds is 6. The molecule has 0 bridgehead atoms. The lowest BCUT2D eigenvalue weighted by Crippen LogP contribution is -2.10. The summed E-state index contributed by atoms with van der Waals surface area (Å²) in [5.41, 5.74) is 11.9. The maximum Gasteiger partial charge on any atom is 0.0554 e. The Kier molecular flexibility index (Phi) is 7.62. The Balaban J connectivity index is 1.06. The van der Waals surface area contributed by atoms with Gasteiger partial charge in [0, 0.05) is 73.7 Å². The zero-order chi connectivity index (χ0) is 38.2. The summed E-state index contributed by atoms with van der Waals surface area (Å²) in [5.74, 6) is 0. The van der Waals surface area contributed by atoms with Gasteiger partial charge < -0.3 is 9.47 Å². The number of benzene rings is 9. The first-order valence-corrected chi connectivity index (χ1v) is 21.3. The molecular weight excluding hydrogens is 741 g/mol. The largest absolute Gasteiger partial charge is 0.310 e. The van der Waals surface area contributed by atoms with Crippen LogP contribution in [0.25, 0.3) is 90.1 Å². The van der Waals surface area contributed by atoms with Crippen LogP contribution in [0.1, 0.15) is 0 Å². The molecule has 0 fully saturated rings. The van der Waals surface area contributed by atoms with Crippen molar-refractivity contribution in [3.8, 4) is 27.9 Å². The van der Waals surface area contributed by atoms with Gasteiger partial charge in [-0.1, -0.05) is 127 Å². The van der Waals surface area contributed by atoms with Crippen molar-refractivity contribution < 1.29 is 0 Å². The fourth-order valence-corrected chi connectivity index (χ4v) is 11.3. The highest BCUT2D eigenvalue weighted by Gasteiger charge is 2.21. The predicted octanol–water partition coefficient (Wildman–Crippen LogP) is 16.3. The van der Waals surface area contributed by atoms with Crippen LogP contribution in [-0.4, -0.2) is 4.57 Å². The number of anilines is 3. The molecule has 0 saturated carbocycles. The molecule has 0 amide bonds. The summed E-state index contributed by atoms with van der Waals surface area (Å²) in [7, 11) is 0. The standard InChI is InChI=1S/C54H34N2S2/c1-3-14-35(15-4-1)37-28-31-48-45(32-37)41-18-7-10-21-47(41)56(48)40-33-44(54-46(34-40)42-19-8-11-23-50(42)58-54)36-26-29-39(30-27-36)55(38-16-5-2-6-17-38)49-22-13-25-52-53(49)43-20-9-12-24-51(43)57-52/h1-34H. The van der Waals surface area contributed by atoms with E-state index in [4.69, 9.17) is 0 Å². The summed E-state index contributed by atoms with van der Waals surface area (Å²) < 4.78 is 7.67. The van der Waals surface area contributed by atoms with Gasteiger partial charge in [-0.2, -0.15) is 0 Å². The average Bonchev–Trinajstić information content (AvgIpc) is 3.97. The van der Waals surface area contributed by atoms with Crippen LogP contribution in [0.15, 0.2) is 206 Å². The number of aromatic nitrogens is 1. The molecule has 12 rings (SSSR count). The van der Waals surface area contributed by atoms with Crippen LogP contribution in [0.4, 0.5) is 17.1 Å². The van der Waals surface area contributed by atoms with Crippen molar-refractivity contribution in [2.75, 3.05) is 4.90 Å². The van der Waals surface area contributed by atoms with Gasteiger partial charge in [0.1, 0.15) is 0 Å². The molecule has 3 aromatic heterocycles. The highest BCUT2D eigenvalue weighted by molar-refractivity contribution is 7.26. The van der Waals surface area contributed by atoms with E-state index in [1.807, 2.05) is 22.7 Å². The maximum atomic E-state index is 2.46. The molecule has 0 spiro atoms. The van der Waals surface area contributed by atoms with Crippen LogP contribution in [0.5, 0.6) is 0 Å². The molecule has 272 valence electrons. The fraction of sp³-hybridized carbons (Fsp3) is 0. The molecule has 0 unspecified atom stereocenters. The maximum absolute atomic E-state index is 2.46. The van der Waals surface area contributed by atoms with Crippen LogP contribution in [-0.2, 0) is 0 Å². The molecule has 0 N–H and O–H groups in total. The minimum absolute atomic E-state index is 1.12.